The van der Waals surface area contributed by atoms with Crippen LogP contribution in [-0.4, -0.2) is 61.9 Å². The zero-order chi connectivity index (χ0) is 26.5. The van der Waals surface area contributed by atoms with Crippen molar-refractivity contribution in [2.45, 2.75) is 111 Å². The van der Waals surface area contributed by atoms with Crippen LogP contribution in [-0.2, 0) is 25.2 Å². The van der Waals surface area contributed by atoms with E-state index in [1.54, 1.807) is 12.4 Å². The fourth-order valence-electron chi connectivity index (χ4n) is 3.20. The van der Waals surface area contributed by atoms with Gasteiger partial charge < -0.3 is 20.0 Å². The van der Waals surface area contributed by atoms with Crippen molar-refractivity contribution in [2.75, 3.05) is 5.33 Å². The van der Waals surface area contributed by atoms with E-state index in [0.29, 0.717) is 0 Å². The van der Waals surface area contributed by atoms with Gasteiger partial charge in [-0.15, -0.1) is 0 Å². The van der Waals surface area contributed by atoms with E-state index in [2.05, 4.69) is 72.8 Å². The monoisotopic (exact) mass is 576 g/mol. The SMILES string of the molecule is CC1(C)OB(c2cn[nH]c2)OC1(C)C.CCCBr.CCCn1cc(B2OC(C)(C)C(C)(C)O2)cn1.[H-].[Na+]. The van der Waals surface area contributed by atoms with Crippen molar-refractivity contribution in [2.24, 2.45) is 0 Å². The van der Waals surface area contributed by atoms with Crippen molar-refractivity contribution in [3.8, 4) is 0 Å². The maximum atomic E-state index is 5.97. The molecule has 36 heavy (non-hydrogen) atoms. The first-order chi connectivity index (χ1) is 16.2. The van der Waals surface area contributed by atoms with Crippen LogP contribution in [0.1, 0.15) is 83.5 Å². The number of aryl methyl sites for hydroxylation is 1. The predicted molar refractivity (Wildman–Crippen MR) is 148 cm³/mol. The standard InChI is InChI=1S/C12H21BN2O2.C9H15BN2O2.C3H7Br.Na.H/c1-6-7-15-9-10(8-14-15)13-16-11(2,3)12(4,5)17-13;1-8(2)9(3,4)14-10(13-8)7-5-11-12-6-7;1-2-3-4;;/h8-9H,6-7H2,1-5H3;5-6H,1-4H3,(H,11,12);2-3H2,1H3;;/q;;;+1;-1. The number of nitrogens with one attached hydrogen (secondary N) is 1. The Hall–Kier alpha value is -0.130. The number of hydrogen-bond donors (Lipinski definition) is 1. The molecule has 1 N–H and O–H groups in total. The zero-order valence-corrected chi connectivity index (χ0v) is 27.7. The summed E-state index contributed by atoms with van der Waals surface area (Å²) < 4.78 is 25.5. The first-order valence-electron chi connectivity index (χ1n) is 12.5. The summed E-state index contributed by atoms with van der Waals surface area (Å²) in [6, 6.07) is 0. The second-order valence-corrected chi connectivity index (χ2v) is 11.7. The maximum Gasteiger partial charge on any atom is 1.00 e. The molecule has 4 rings (SSSR count). The Bertz CT molecular complexity index is 882. The third kappa shape index (κ3) is 8.43. The number of rotatable bonds is 5. The number of nitrogens with zero attached hydrogens (tertiary/aromatic N) is 3. The fourth-order valence-corrected chi connectivity index (χ4v) is 3.20. The first-order valence-corrected chi connectivity index (χ1v) is 13.6. The molecule has 2 aliphatic heterocycles. The molecular weight excluding hydrogens is 533 g/mol. The quantitative estimate of drug-likeness (QED) is 0.426. The zero-order valence-electron chi connectivity index (χ0n) is 25.1. The van der Waals surface area contributed by atoms with Gasteiger partial charge in [-0.2, -0.15) is 10.2 Å². The summed E-state index contributed by atoms with van der Waals surface area (Å²) in [5.41, 5.74) is 0.791. The molecule has 2 saturated heterocycles. The summed E-state index contributed by atoms with van der Waals surface area (Å²) in [6.07, 6.45) is 9.66. The Morgan fingerprint density at radius 3 is 1.64 bits per heavy atom. The molecule has 4 heterocycles. The molecule has 12 heteroatoms. The van der Waals surface area contributed by atoms with Gasteiger partial charge in [-0.05, 0) is 68.2 Å². The van der Waals surface area contributed by atoms with E-state index in [9.17, 15) is 0 Å². The van der Waals surface area contributed by atoms with Gasteiger partial charge in [0.2, 0.25) is 0 Å². The third-order valence-corrected chi connectivity index (χ3v) is 7.66. The summed E-state index contributed by atoms with van der Waals surface area (Å²) in [5, 5.41) is 12.1. The summed E-state index contributed by atoms with van der Waals surface area (Å²) in [4.78, 5) is 0. The molecule has 0 amide bonds. The van der Waals surface area contributed by atoms with Gasteiger partial charge in [0.25, 0.3) is 0 Å². The molecule has 0 spiro atoms. The minimum absolute atomic E-state index is 0. The van der Waals surface area contributed by atoms with E-state index >= 15 is 0 Å². The Balaban J connectivity index is 0.000000592. The van der Waals surface area contributed by atoms with Crippen molar-refractivity contribution in [3.05, 3.63) is 24.8 Å². The van der Waals surface area contributed by atoms with E-state index in [-0.39, 0.29) is 67.6 Å². The number of aromatic nitrogens is 4. The van der Waals surface area contributed by atoms with Gasteiger partial charge in [0.05, 0.1) is 22.4 Å². The van der Waals surface area contributed by atoms with Crippen LogP contribution in [0.25, 0.3) is 0 Å². The molecule has 2 aromatic rings. The van der Waals surface area contributed by atoms with Gasteiger partial charge in [-0.25, -0.2) is 0 Å². The maximum absolute atomic E-state index is 5.97. The molecule has 0 bridgehead atoms. The number of H-pyrrole nitrogens is 1. The molecule has 8 nitrogen and oxygen atoms in total. The number of halogens is 1. The van der Waals surface area contributed by atoms with Crippen molar-refractivity contribution < 1.29 is 49.6 Å². The van der Waals surface area contributed by atoms with Crippen molar-refractivity contribution in [3.63, 3.8) is 0 Å². The molecule has 0 radical (unpaired) electrons. The Morgan fingerprint density at radius 1 is 0.833 bits per heavy atom. The van der Waals surface area contributed by atoms with Gasteiger partial charge in [0.15, 0.2) is 0 Å². The summed E-state index contributed by atoms with van der Waals surface area (Å²) in [7, 11) is -0.607. The van der Waals surface area contributed by atoms with Crippen molar-refractivity contribution >= 4 is 41.1 Å². The molecular formula is C24H44B2BrN4NaO4. The Morgan fingerprint density at radius 2 is 1.28 bits per heavy atom. The largest absolute Gasteiger partial charge is 1.00 e. The van der Waals surface area contributed by atoms with Crippen LogP contribution in [0.3, 0.4) is 0 Å². The third-order valence-electron chi connectivity index (χ3n) is 6.87. The summed E-state index contributed by atoms with van der Waals surface area (Å²) >= 11 is 3.25. The average Bonchev–Trinajstić information content (AvgIpc) is 3.51. The van der Waals surface area contributed by atoms with Gasteiger partial charge in [-0.1, -0.05) is 29.8 Å². The summed E-state index contributed by atoms with van der Waals surface area (Å²) in [6.45, 7) is 21.6. The van der Waals surface area contributed by atoms with Gasteiger partial charge in [-0.3, -0.25) is 9.78 Å². The number of alkyl halides is 1. The molecule has 0 unspecified atom stereocenters. The molecule has 198 valence electrons. The second-order valence-electron chi connectivity index (χ2n) is 10.9. The van der Waals surface area contributed by atoms with Crippen LogP contribution in [0.2, 0.25) is 0 Å². The molecule has 2 aromatic heterocycles. The van der Waals surface area contributed by atoms with Crippen LogP contribution in [0.5, 0.6) is 0 Å². The Kier molecular flexibility index (Phi) is 13.0. The average molecular weight is 577 g/mol. The van der Waals surface area contributed by atoms with E-state index in [1.165, 1.54) is 6.42 Å². The van der Waals surface area contributed by atoms with Crippen LogP contribution < -0.4 is 40.5 Å². The van der Waals surface area contributed by atoms with Crippen LogP contribution >= 0.6 is 15.9 Å². The second kappa shape index (κ2) is 13.8. The van der Waals surface area contributed by atoms with Crippen LogP contribution in [0.15, 0.2) is 24.8 Å². The molecule has 2 fully saturated rings. The van der Waals surface area contributed by atoms with Gasteiger partial charge >= 0.3 is 43.8 Å². The minimum atomic E-state index is -0.307. The molecule has 0 atom stereocenters. The first kappa shape index (κ1) is 33.9. The molecule has 0 saturated carbocycles. The normalized spacial score (nSPS) is 20.6. The number of aromatic amines is 1. The van der Waals surface area contributed by atoms with Crippen molar-refractivity contribution in [1.29, 1.82) is 0 Å². The molecule has 0 aliphatic carbocycles. The van der Waals surface area contributed by atoms with Crippen LogP contribution in [0.4, 0.5) is 0 Å². The Labute approximate surface area is 250 Å². The van der Waals surface area contributed by atoms with E-state index in [0.717, 1.165) is 29.2 Å². The van der Waals surface area contributed by atoms with E-state index in [4.69, 9.17) is 18.6 Å². The molecule has 0 aromatic carbocycles. The fraction of sp³-hybridized carbons (Fsp3) is 0.750. The number of hydrogen-bond acceptors (Lipinski definition) is 6. The van der Waals surface area contributed by atoms with E-state index < -0.39 is 0 Å². The van der Waals surface area contributed by atoms with E-state index in [1.807, 2.05) is 44.8 Å². The predicted octanol–water partition coefficient (Wildman–Crippen LogP) is 1.21. The van der Waals surface area contributed by atoms with Crippen molar-refractivity contribution in [1.82, 2.24) is 20.0 Å². The smallest absolute Gasteiger partial charge is 1.00 e. The van der Waals surface area contributed by atoms with Crippen LogP contribution in [0, 0.1) is 0 Å². The van der Waals surface area contributed by atoms with Gasteiger partial charge in [0, 0.05) is 47.6 Å². The minimum Gasteiger partial charge on any atom is -1.00 e. The topological polar surface area (TPSA) is 83.4 Å². The van der Waals surface area contributed by atoms with Gasteiger partial charge in [0.1, 0.15) is 0 Å². The summed E-state index contributed by atoms with van der Waals surface area (Å²) in [5.74, 6) is 0. The molecule has 2 aliphatic rings.